The van der Waals surface area contributed by atoms with Crippen molar-refractivity contribution in [1.82, 2.24) is 9.55 Å². The third-order valence-electron chi connectivity index (χ3n) is 3.66. The standard InChI is InChI=1S/C17H15F2N3O3/c1-24-10-3-4-13(16(5-10)25-2)21-17(23)8-22-9-20-14-6-11(18)12(19)7-15(14)22/h3-7,9H,8H2,1-2H3,(H,21,23). The number of rotatable bonds is 5. The van der Waals surface area contributed by atoms with E-state index in [-0.39, 0.29) is 18.0 Å². The monoisotopic (exact) mass is 347 g/mol. The van der Waals surface area contributed by atoms with E-state index in [2.05, 4.69) is 10.3 Å². The Balaban J connectivity index is 1.80. The minimum Gasteiger partial charge on any atom is -0.497 e. The van der Waals surface area contributed by atoms with Crippen LogP contribution in [0.4, 0.5) is 14.5 Å². The maximum absolute atomic E-state index is 13.4. The maximum atomic E-state index is 13.4. The van der Waals surface area contributed by atoms with Gasteiger partial charge in [-0.15, -0.1) is 0 Å². The van der Waals surface area contributed by atoms with Gasteiger partial charge in [0.15, 0.2) is 11.6 Å². The summed E-state index contributed by atoms with van der Waals surface area (Å²) in [6.07, 6.45) is 1.36. The van der Waals surface area contributed by atoms with E-state index in [1.165, 1.54) is 25.1 Å². The van der Waals surface area contributed by atoms with Crippen LogP contribution in [0.25, 0.3) is 11.0 Å². The third kappa shape index (κ3) is 3.37. The average Bonchev–Trinajstić information content (AvgIpc) is 2.97. The van der Waals surface area contributed by atoms with Gasteiger partial charge in [0.2, 0.25) is 5.91 Å². The zero-order valence-corrected chi connectivity index (χ0v) is 13.5. The highest BCUT2D eigenvalue weighted by Gasteiger charge is 2.13. The van der Waals surface area contributed by atoms with Gasteiger partial charge in [-0.1, -0.05) is 0 Å². The van der Waals surface area contributed by atoms with Crippen molar-refractivity contribution in [2.45, 2.75) is 6.54 Å². The van der Waals surface area contributed by atoms with Crippen molar-refractivity contribution >= 4 is 22.6 Å². The van der Waals surface area contributed by atoms with Crippen molar-refractivity contribution in [2.75, 3.05) is 19.5 Å². The zero-order valence-electron chi connectivity index (χ0n) is 13.5. The number of nitrogens with zero attached hydrogens (tertiary/aromatic N) is 2. The van der Waals surface area contributed by atoms with Crippen LogP contribution >= 0.6 is 0 Å². The highest BCUT2D eigenvalue weighted by molar-refractivity contribution is 5.93. The van der Waals surface area contributed by atoms with Gasteiger partial charge in [-0.2, -0.15) is 0 Å². The summed E-state index contributed by atoms with van der Waals surface area (Å²) in [5.74, 6) is -1.31. The lowest BCUT2D eigenvalue weighted by Gasteiger charge is -2.12. The molecule has 0 fully saturated rings. The van der Waals surface area contributed by atoms with Crippen LogP contribution in [0, 0.1) is 11.6 Å². The van der Waals surface area contributed by atoms with E-state index in [1.807, 2.05) is 0 Å². The summed E-state index contributed by atoms with van der Waals surface area (Å²) < 4.78 is 38.4. The fraction of sp³-hybridized carbons (Fsp3) is 0.176. The summed E-state index contributed by atoms with van der Waals surface area (Å²) in [6, 6.07) is 6.98. The summed E-state index contributed by atoms with van der Waals surface area (Å²) in [7, 11) is 3.00. The largest absolute Gasteiger partial charge is 0.497 e. The van der Waals surface area contributed by atoms with Gasteiger partial charge in [0.05, 0.1) is 37.3 Å². The van der Waals surface area contributed by atoms with Crippen LogP contribution in [0.5, 0.6) is 11.5 Å². The molecule has 130 valence electrons. The first-order chi connectivity index (χ1) is 12.0. The highest BCUT2D eigenvalue weighted by atomic mass is 19.2. The highest BCUT2D eigenvalue weighted by Crippen LogP contribution is 2.29. The third-order valence-corrected chi connectivity index (χ3v) is 3.66. The zero-order chi connectivity index (χ0) is 18.0. The molecule has 1 N–H and O–H groups in total. The molecule has 8 heteroatoms. The number of benzene rings is 2. The van der Waals surface area contributed by atoms with Gasteiger partial charge in [-0.3, -0.25) is 4.79 Å². The Morgan fingerprint density at radius 3 is 2.64 bits per heavy atom. The maximum Gasteiger partial charge on any atom is 0.244 e. The lowest BCUT2D eigenvalue weighted by Crippen LogP contribution is -2.18. The van der Waals surface area contributed by atoms with Crippen molar-refractivity contribution in [3.8, 4) is 11.5 Å². The predicted molar refractivity (Wildman–Crippen MR) is 87.8 cm³/mol. The quantitative estimate of drug-likeness (QED) is 0.771. The summed E-state index contributed by atoms with van der Waals surface area (Å²) in [6.45, 7) is -0.114. The molecule has 3 aromatic rings. The van der Waals surface area contributed by atoms with Gasteiger partial charge >= 0.3 is 0 Å². The number of hydrogen-bond donors (Lipinski definition) is 1. The van der Waals surface area contributed by atoms with E-state index < -0.39 is 11.6 Å². The van der Waals surface area contributed by atoms with E-state index in [0.717, 1.165) is 12.1 Å². The molecule has 0 unspecified atom stereocenters. The van der Waals surface area contributed by atoms with Crippen molar-refractivity contribution < 1.29 is 23.0 Å². The van der Waals surface area contributed by atoms with E-state index in [4.69, 9.17) is 9.47 Å². The van der Waals surface area contributed by atoms with Crippen LogP contribution in [0.1, 0.15) is 0 Å². The normalized spacial score (nSPS) is 10.7. The second-order valence-electron chi connectivity index (χ2n) is 5.24. The van der Waals surface area contributed by atoms with Gasteiger partial charge in [0.1, 0.15) is 18.0 Å². The Bertz CT molecular complexity index is 940. The number of carbonyl (C=O) groups excluding carboxylic acids is 1. The number of hydrogen-bond acceptors (Lipinski definition) is 4. The Labute approximate surface area is 142 Å². The molecule has 0 aliphatic heterocycles. The van der Waals surface area contributed by atoms with Crippen LogP contribution in [-0.4, -0.2) is 29.7 Å². The molecule has 1 heterocycles. The molecule has 2 aromatic carbocycles. The first-order valence-electron chi connectivity index (χ1n) is 7.33. The van der Waals surface area contributed by atoms with E-state index >= 15 is 0 Å². The number of nitrogens with one attached hydrogen (secondary N) is 1. The lowest BCUT2D eigenvalue weighted by atomic mass is 10.2. The molecule has 0 bridgehead atoms. The van der Waals surface area contributed by atoms with Gasteiger partial charge in [-0.25, -0.2) is 13.8 Å². The minimum atomic E-state index is -0.994. The van der Waals surface area contributed by atoms with Crippen LogP contribution < -0.4 is 14.8 Å². The van der Waals surface area contributed by atoms with Gasteiger partial charge < -0.3 is 19.4 Å². The van der Waals surface area contributed by atoms with E-state index in [0.29, 0.717) is 22.7 Å². The van der Waals surface area contributed by atoms with Gasteiger partial charge in [-0.05, 0) is 12.1 Å². The second kappa shape index (κ2) is 6.76. The number of fused-ring (bicyclic) bond motifs is 1. The average molecular weight is 347 g/mol. The topological polar surface area (TPSA) is 65.4 Å². The molecular weight excluding hydrogens is 332 g/mol. The number of halogens is 2. The number of carbonyl (C=O) groups is 1. The Morgan fingerprint density at radius 2 is 1.92 bits per heavy atom. The van der Waals surface area contributed by atoms with Crippen molar-refractivity contribution in [1.29, 1.82) is 0 Å². The molecule has 1 aromatic heterocycles. The minimum absolute atomic E-state index is 0.114. The number of ether oxygens (including phenoxy) is 2. The van der Waals surface area contributed by atoms with Crippen molar-refractivity contribution in [2.24, 2.45) is 0 Å². The number of aromatic nitrogens is 2. The lowest BCUT2D eigenvalue weighted by molar-refractivity contribution is -0.116. The molecule has 0 saturated heterocycles. The fourth-order valence-corrected chi connectivity index (χ4v) is 2.43. The molecule has 3 rings (SSSR count). The first kappa shape index (κ1) is 16.7. The Hall–Kier alpha value is -3.16. The molecule has 6 nitrogen and oxygen atoms in total. The Kier molecular flexibility index (Phi) is 4.51. The molecule has 25 heavy (non-hydrogen) atoms. The van der Waals surface area contributed by atoms with E-state index in [1.54, 1.807) is 18.2 Å². The van der Waals surface area contributed by atoms with E-state index in [9.17, 15) is 13.6 Å². The van der Waals surface area contributed by atoms with Gasteiger partial charge in [0, 0.05) is 18.2 Å². The molecule has 0 spiro atoms. The molecule has 0 aliphatic carbocycles. The van der Waals surface area contributed by atoms with Crippen molar-refractivity contribution in [3.05, 3.63) is 48.3 Å². The van der Waals surface area contributed by atoms with Crippen molar-refractivity contribution in [3.63, 3.8) is 0 Å². The molecule has 0 aliphatic rings. The number of imidazole rings is 1. The predicted octanol–water partition coefficient (Wildman–Crippen LogP) is 2.97. The fourth-order valence-electron chi connectivity index (χ4n) is 2.43. The SMILES string of the molecule is COc1ccc(NC(=O)Cn2cnc3cc(F)c(F)cc32)c(OC)c1. The number of amides is 1. The summed E-state index contributed by atoms with van der Waals surface area (Å²) >= 11 is 0. The van der Waals surface area contributed by atoms with Crippen LogP contribution in [0.2, 0.25) is 0 Å². The second-order valence-corrected chi connectivity index (χ2v) is 5.24. The smallest absolute Gasteiger partial charge is 0.244 e. The summed E-state index contributed by atoms with van der Waals surface area (Å²) in [5.41, 5.74) is 1.07. The van der Waals surface area contributed by atoms with Crippen LogP contribution in [0.3, 0.4) is 0 Å². The number of methoxy groups -OCH3 is 2. The van der Waals surface area contributed by atoms with Gasteiger partial charge in [0.25, 0.3) is 0 Å². The number of anilines is 1. The van der Waals surface area contributed by atoms with Crippen LogP contribution in [-0.2, 0) is 11.3 Å². The molecular formula is C17H15F2N3O3. The summed E-state index contributed by atoms with van der Waals surface area (Å²) in [5, 5.41) is 2.71. The molecule has 0 atom stereocenters. The Morgan fingerprint density at radius 1 is 1.16 bits per heavy atom. The molecule has 0 radical (unpaired) electrons. The molecule has 0 saturated carbocycles. The van der Waals surface area contributed by atoms with Crippen LogP contribution in [0.15, 0.2) is 36.7 Å². The summed E-state index contributed by atoms with van der Waals surface area (Å²) in [4.78, 5) is 16.3. The first-order valence-corrected chi connectivity index (χ1v) is 7.33. The molecule has 1 amide bonds.